The number of hydrogen-bond donors (Lipinski definition) is 3. The molecule has 1 amide bonds. The molecule has 1 aromatic rings. The molecule has 0 unspecified atom stereocenters. The van der Waals surface area contributed by atoms with Gasteiger partial charge in [0.25, 0.3) is 0 Å². The second-order valence-corrected chi connectivity index (χ2v) is 3.62. The minimum absolute atomic E-state index is 0.199. The summed E-state index contributed by atoms with van der Waals surface area (Å²) in [5.41, 5.74) is 2.79. The quantitative estimate of drug-likeness (QED) is 0.390. The molecule has 0 aliphatic heterocycles. The summed E-state index contributed by atoms with van der Waals surface area (Å²) >= 11 is 0. The Morgan fingerprint density at radius 2 is 2.12 bits per heavy atom. The smallest absolute Gasteiger partial charge is 0.233 e. The maximum absolute atomic E-state index is 10.9. The molecule has 0 spiro atoms. The molecule has 0 heterocycles. The Bertz CT molecular complexity index is 351. The Labute approximate surface area is 101 Å². The highest BCUT2D eigenvalue weighted by Gasteiger charge is 2.09. The van der Waals surface area contributed by atoms with Crippen LogP contribution in [0.1, 0.15) is 31.4 Å². The van der Waals surface area contributed by atoms with Gasteiger partial charge in [-0.25, -0.2) is 5.84 Å². The number of rotatable bonds is 6. The number of ether oxygens (including phenoxy) is 1. The van der Waals surface area contributed by atoms with Crippen LogP contribution in [0.3, 0.4) is 0 Å². The molecule has 94 valence electrons. The first-order valence-electron chi connectivity index (χ1n) is 5.57. The predicted octanol–water partition coefficient (Wildman–Crippen LogP) is 0.889. The van der Waals surface area contributed by atoms with Crippen LogP contribution in [0.15, 0.2) is 24.3 Å². The number of aliphatic hydroxyl groups excluding tert-OH is 1. The third-order valence-corrected chi connectivity index (χ3v) is 2.38. The fourth-order valence-corrected chi connectivity index (χ4v) is 1.46. The molecule has 1 atom stereocenters. The summed E-state index contributed by atoms with van der Waals surface area (Å²) in [6.07, 6.45) is -0.120. The number of nitrogens with one attached hydrogen (secondary N) is 1. The molecule has 0 fully saturated rings. The Kier molecular flexibility index (Phi) is 5.45. The molecule has 5 heteroatoms. The normalized spacial score (nSPS) is 11.9. The number of aliphatic hydroxyl groups is 1. The predicted molar refractivity (Wildman–Crippen MR) is 64.1 cm³/mol. The third kappa shape index (κ3) is 4.42. The Morgan fingerprint density at radius 1 is 1.47 bits per heavy atom. The number of amides is 1. The summed E-state index contributed by atoms with van der Waals surface area (Å²) in [6.45, 7) is 2.52. The van der Waals surface area contributed by atoms with E-state index in [1.807, 2.05) is 12.3 Å². The van der Waals surface area contributed by atoms with Crippen molar-refractivity contribution in [3.8, 4) is 5.75 Å². The minimum atomic E-state index is -0.664. The van der Waals surface area contributed by atoms with E-state index in [0.717, 1.165) is 11.3 Å². The van der Waals surface area contributed by atoms with Crippen molar-refractivity contribution < 1.29 is 14.6 Å². The molecule has 1 rings (SSSR count). The van der Waals surface area contributed by atoms with E-state index in [-0.39, 0.29) is 12.3 Å². The standard InChI is InChI=1S/C12H18N2O3/c1-2-17-10-5-3-9(4-6-10)11(15)7-8-12(16)14-13/h3-6,11,15H,2,7-8,13H2,1H3,(H,14,16)/t11-/m1/s1. The van der Waals surface area contributed by atoms with Crippen molar-refractivity contribution in [2.45, 2.75) is 25.9 Å². The van der Waals surface area contributed by atoms with Gasteiger partial charge in [-0.15, -0.1) is 0 Å². The zero-order valence-electron chi connectivity index (χ0n) is 9.85. The summed E-state index contributed by atoms with van der Waals surface area (Å²) in [5, 5.41) is 9.82. The van der Waals surface area contributed by atoms with E-state index in [9.17, 15) is 9.90 Å². The van der Waals surface area contributed by atoms with Crippen molar-refractivity contribution in [2.24, 2.45) is 5.84 Å². The molecule has 0 aliphatic rings. The number of carbonyl (C=O) groups is 1. The van der Waals surface area contributed by atoms with Gasteiger partial charge in [0.05, 0.1) is 12.7 Å². The van der Waals surface area contributed by atoms with E-state index in [0.29, 0.717) is 13.0 Å². The largest absolute Gasteiger partial charge is 0.494 e. The van der Waals surface area contributed by atoms with Gasteiger partial charge < -0.3 is 9.84 Å². The van der Waals surface area contributed by atoms with Gasteiger partial charge in [-0.1, -0.05) is 12.1 Å². The monoisotopic (exact) mass is 238 g/mol. The molecule has 4 N–H and O–H groups in total. The molecule has 1 aromatic carbocycles. The van der Waals surface area contributed by atoms with E-state index < -0.39 is 6.10 Å². The fraction of sp³-hybridized carbons (Fsp3) is 0.417. The lowest BCUT2D eigenvalue weighted by Crippen LogP contribution is -2.30. The van der Waals surface area contributed by atoms with E-state index >= 15 is 0 Å². The molecule has 0 aliphatic carbocycles. The highest BCUT2D eigenvalue weighted by Crippen LogP contribution is 2.21. The van der Waals surface area contributed by atoms with Gasteiger partial charge in [-0.2, -0.15) is 0 Å². The zero-order chi connectivity index (χ0) is 12.7. The average Bonchev–Trinajstić information content (AvgIpc) is 2.36. The average molecular weight is 238 g/mol. The van der Waals surface area contributed by atoms with Crippen LogP contribution in [0.25, 0.3) is 0 Å². The first kappa shape index (κ1) is 13.5. The van der Waals surface area contributed by atoms with Gasteiger partial charge in [0, 0.05) is 6.42 Å². The molecule has 0 aromatic heterocycles. The zero-order valence-corrected chi connectivity index (χ0v) is 9.85. The van der Waals surface area contributed by atoms with Crippen molar-refractivity contribution in [3.63, 3.8) is 0 Å². The maximum atomic E-state index is 10.9. The summed E-state index contributed by atoms with van der Waals surface area (Å²) < 4.78 is 5.29. The van der Waals surface area contributed by atoms with Crippen LogP contribution in [0, 0.1) is 0 Å². The molecular weight excluding hydrogens is 220 g/mol. The Hall–Kier alpha value is -1.59. The van der Waals surface area contributed by atoms with Crippen molar-refractivity contribution in [3.05, 3.63) is 29.8 Å². The van der Waals surface area contributed by atoms with Crippen LogP contribution in [0.2, 0.25) is 0 Å². The van der Waals surface area contributed by atoms with E-state index in [2.05, 4.69) is 0 Å². The van der Waals surface area contributed by atoms with Crippen LogP contribution < -0.4 is 16.0 Å². The van der Waals surface area contributed by atoms with Crippen molar-refractivity contribution in [1.29, 1.82) is 0 Å². The number of nitrogens with two attached hydrogens (primary N) is 1. The van der Waals surface area contributed by atoms with Crippen LogP contribution >= 0.6 is 0 Å². The van der Waals surface area contributed by atoms with Crippen LogP contribution in [-0.4, -0.2) is 17.6 Å². The number of carbonyl (C=O) groups excluding carboxylic acids is 1. The van der Waals surface area contributed by atoms with Gasteiger partial charge in [-0.05, 0) is 31.0 Å². The number of hydrazine groups is 1. The first-order chi connectivity index (χ1) is 8.17. The van der Waals surface area contributed by atoms with Gasteiger partial charge in [0.2, 0.25) is 5.91 Å². The summed E-state index contributed by atoms with van der Waals surface area (Å²) in [7, 11) is 0. The molecular formula is C12H18N2O3. The summed E-state index contributed by atoms with van der Waals surface area (Å²) in [4.78, 5) is 10.9. The number of benzene rings is 1. The summed E-state index contributed by atoms with van der Waals surface area (Å²) in [6, 6.07) is 7.17. The van der Waals surface area contributed by atoms with Crippen molar-refractivity contribution >= 4 is 5.91 Å². The molecule has 0 bridgehead atoms. The Morgan fingerprint density at radius 3 is 2.65 bits per heavy atom. The van der Waals surface area contributed by atoms with Gasteiger partial charge >= 0.3 is 0 Å². The van der Waals surface area contributed by atoms with E-state index in [1.54, 1.807) is 24.3 Å². The van der Waals surface area contributed by atoms with Crippen LogP contribution in [0.4, 0.5) is 0 Å². The van der Waals surface area contributed by atoms with Crippen molar-refractivity contribution in [1.82, 2.24) is 5.43 Å². The number of hydrogen-bond acceptors (Lipinski definition) is 4. The third-order valence-electron chi connectivity index (χ3n) is 2.38. The van der Waals surface area contributed by atoms with Gasteiger partial charge in [-0.3, -0.25) is 10.2 Å². The lowest BCUT2D eigenvalue weighted by Gasteiger charge is -2.11. The molecule has 0 saturated carbocycles. The maximum Gasteiger partial charge on any atom is 0.233 e. The second kappa shape index (κ2) is 6.88. The van der Waals surface area contributed by atoms with E-state index in [4.69, 9.17) is 10.6 Å². The topological polar surface area (TPSA) is 84.6 Å². The highest BCUT2D eigenvalue weighted by atomic mass is 16.5. The molecule has 17 heavy (non-hydrogen) atoms. The lowest BCUT2D eigenvalue weighted by molar-refractivity contribution is -0.121. The fourth-order valence-electron chi connectivity index (χ4n) is 1.46. The first-order valence-corrected chi connectivity index (χ1v) is 5.57. The van der Waals surface area contributed by atoms with Gasteiger partial charge in [0.1, 0.15) is 5.75 Å². The van der Waals surface area contributed by atoms with Crippen molar-refractivity contribution in [2.75, 3.05) is 6.61 Å². The minimum Gasteiger partial charge on any atom is -0.494 e. The molecule has 0 radical (unpaired) electrons. The van der Waals surface area contributed by atoms with Gasteiger partial charge in [0.15, 0.2) is 0 Å². The molecule has 5 nitrogen and oxygen atoms in total. The van der Waals surface area contributed by atoms with Crippen LogP contribution in [0.5, 0.6) is 5.75 Å². The lowest BCUT2D eigenvalue weighted by atomic mass is 10.0. The highest BCUT2D eigenvalue weighted by molar-refractivity contribution is 5.75. The second-order valence-electron chi connectivity index (χ2n) is 3.62. The Balaban J connectivity index is 2.51. The summed E-state index contributed by atoms with van der Waals surface area (Å²) in [5.74, 6) is 5.44. The molecule has 0 saturated heterocycles. The van der Waals surface area contributed by atoms with Crippen LogP contribution in [-0.2, 0) is 4.79 Å². The SMILES string of the molecule is CCOc1ccc([C@H](O)CCC(=O)NN)cc1. The van der Waals surface area contributed by atoms with E-state index in [1.165, 1.54) is 0 Å².